The van der Waals surface area contributed by atoms with Gasteiger partial charge in [0.1, 0.15) is 35.2 Å². The van der Waals surface area contributed by atoms with Gasteiger partial charge in [0.05, 0.1) is 41.3 Å². The number of imidazole rings is 2. The number of carbonyl (C=O) groups excluding carboxylic acids is 4. The molecule has 2 unspecified atom stereocenters. The number of nitrogens with one attached hydrogen (secondary N) is 4. The number of aromatic amines is 2. The molecule has 2 aliphatic rings. The number of aromatic nitrogens is 4. The summed E-state index contributed by atoms with van der Waals surface area (Å²) in [5.41, 5.74) is 5.17. The number of carbonyl (C=O) groups is 4. The van der Waals surface area contributed by atoms with Gasteiger partial charge in [0.2, 0.25) is 18.2 Å². The highest BCUT2D eigenvalue weighted by Crippen LogP contribution is 2.36. The lowest BCUT2D eigenvalue weighted by Crippen LogP contribution is -2.51. The molecule has 3 aromatic carbocycles. The Balaban J connectivity index is 1.06. The number of nitrogens with zero attached hydrogens (tertiary/aromatic N) is 4. The minimum Gasteiger partial charge on any atom is -0.457 e. The van der Waals surface area contributed by atoms with Gasteiger partial charge in [0.25, 0.3) is 0 Å². The zero-order chi connectivity index (χ0) is 38.8. The van der Waals surface area contributed by atoms with Crippen LogP contribution in [-0.2, 0) is 19.1 Å². The van der Waals surface area contributed by atoms with Crippen molar-refractivity contribution in [1.29, 1.82) is 0 Å². The van der Waals surface area contributed by atoms with Gasteiger partial charge in [-0.1, -0.05) is 45.9 Å². The summed E-state index contributed by atoms with van der Waals surface area (Å²) in [7, 11) is 1.29. The molecule has 0 bridgehead atoms. The molecule has 0 spiro atoms. The summed E-state index contributed by atoms with van der Waals surface area (Å²) < 4.78 is 11.1. The fourth-order valence-corrected chi connectivity index (χ4v) is 7.78. The van der Waals surface area contributed by atoms with E-state index in [0.717, 1.165) is 64.7 Å². The molecule has 0 aliphatic carbocycles. The smallest absolute Gasteiger partial charge is 0.407 e. The first-order valence-electron chi connectivity index (χ1n) is 19.0. The number of hydrogen-bond acceptors (Lipinski definition) is 8. The highest BCUT2D eigenvalue weighted by Gasteiger charge is 2.38. The van der Waals surface area contributed by atoms with Gasteiger partial charge in [0, 0.05) is 19.2 Å². The van der Waals surface area contributed by atoms with E-state index in [4.69, 9.17) is 19.4 Å². The number of fused-ring (bicyclic) bond motifs is 2. The number of alkyl carbamates (subject to hydrolysis) is 1. The molecular formula is C41H48N8O6. The Morgan fingerprint density at radius 3 is 1.93 bits per heavy atom. The number of likely N-dealkylation sites (tertiary alicyclic amines) is 2. The summed E-state index contributed by atoms with van der Waals surface area (Å²) in [5.74, 6) is 2.34. The van der Waals surface area contributed by atoms with Crippen LogP contribution in [0.15, 0.2) is 60.7 Å². The second kappa shape index (κ2) is 15.8. The maximum atomic E-state index is 13.6. The lowest BCUT2D eigenvalue weighted by molar-refractivity contribution is -0.137. The van der Waals surface area contributed by atoms with E-state index in [0.29, 0.717) is 36.8 Å². The van der Waals surface area contributed by atoms with E-state index in [2.05, 4.69) is 26.7 Å². The van der Waals surface area contributed by atoms with Gasteiger partial charge in [-0.25, -0.2) is 14.8 Å². The second-order valence-corrected chi connectivity index (χ2v) is 15.0. The number of H-pyrrole nitrogens is 2. The summed E-state index contributed by atoms with van der Waals surface area (Å²) in [5, 5.41) is 5.39. The van der Waals surface area contributed by atoms with Gasteiger partial charge in [0.15, 0.2) is 0 Å². The molecule has 2 aliphatic heterocycles. The minimum atomic E-state index is -0.700. The molecule has 288 valence electrons. The Kier molecular flexibility index (Phi) is 10.8. The maximum Gasteiger partial charge on any atom is 0.407 e. The van der Waals surface area contributed by atoms with Gasteiger partial charge >= 0.3 is 6.09 Å². The molecule has 55 heavy (non-hydrogen) atoms. The molecule has 0 saturated carbocycles. The van der Waals surface area contributed by atoms with Crippen molar-refractivity contribution < 1.29 is 28.7 Å². The van der Waals surface area contributed by atoms with E-state index in [9.17, 15) is 19.2 Å². The van der Waals surface area contributed by atoms with Crippen LogP contribution >= 0.6 is 0 Å². The summed E-state index contributed by atoms with van der Waals surface area (Å²) in [6.07, 6.45) is 3.21. The standard InChI is InChI=1S/C41H48N8O6/c1-23(2)35(42-22-50)39(51)48-17-7-11-33(48)38-44-30-16-14-28(21-32(30)46-38)55-27-10-6-9-25(19-27)26-13-15-29-31(20-26)45-37(43-29)34-12-8-18-49(34)40(52)36(24(3)4)47-41(53)54-5/h6,9-10,13-16,19-24,33-36H,7-8,11-12,17-18H2,1-5H3,(H,42,50)(H,43,45)(H,44,46)(H,47,53)/t33-,34-,35?,36?/m0/s1. The molecule has 2 fully saturated rings. The van der Waals surface area contributed by atoms with Crippen molar-refractivity contribution in [3.63, 3.8) is 0 Å². The molecule has 2 aromatic heterocycles. The molecule has 4 N–H and O–H groups in total. The van der Waals surface area contributed by atoms with E-state index in [1.807, 2.05) is 92.1 Å². The molecule has 4 heterocycles. The van der Waals surface area contributed by atoms with Crippen LogP contribution in [0.1, 0.15) is 77.1 Å². The third-order valence-electron chi connectivity index (χ3n) is 10.6. The quantitative estimate of drug-likeness (QED) is 0.106. The van der Waals surface area contributed by atoms with Gasteiger partial charge in [-0.2, -0.15) is 0 Å². The molecule has 4 amide bonds. The van der Waals surface area contributed by atoms with Crippen LogP contribution in [0.4, 0.5) is 4.79 Å². The predicted molar refractivity (Wildman–Crippen MR) is 207 cm³/mol. The number of benzene rings is 3. The number of rotatable bonds is 12. The first-order chi connectivity index (χ1) is 26.5. The van der Waals surface area contributed by atoms with Crippen molar-refractivity contribution in [2.45, 2.75) is 77.5 Å². The van der Waals surface area contributed by atoms with Crippen LogP contribution in [0.3, 0.4) is 0 Å². The van der Waals surface area contributed by atoms with Crippen molar-refractivity contribution in [2.24, 2.45) is 11.8 Å². The van der Waals surface area contributed by atoms with Crippen molar-refractivity contribution in [3.05, 3.63) is 72.3 Å². The third-order valence-corrected chi connectivity index (χ3v) is 10.6. The number of hydrogen-bond donors (Lipinski definition) is 4. The van der Waals surface area contributed by atoms with Gasteiger partial charge in [-0.15, -0.1) is 0 Å². The highest BCUT2D eigenvalue weighted by atomic mass is 16.5. The van der Waals surface area contributed by atoms with Crippen LogP contribution in [0.2, 0.25) is 0 Å². The van der Waals surface area contributed by atoms with E-state index in [1.54, 1.807) is 0 Å². The van der Waals surface area contributed by atoms with Crippen molar-refractivity contribution in [3.8, 4) is 22.6 Å². The van der Waals surface area contributed by atoms with Crippen molar-refractivity contribution >= 4 is 46.4 Å². The molecule has 14 heteroatoms. The molecule has 4 atom stereocenters. The fraction of sp³-hybridized carbons (Fsp3) is 0.415. The van der Waals surface area contributed by atoms with Crippen molar-refractivity contribution in [2.75, 3.05) is 20.2 Å². The second-order valence-electron chi connectivity index (χ2n) is 15.0. The average molecular weight is 749 g/mol. The molecule has 2 saturated heterocycles. The van der Waals surface area contributed by atoms with E-state index in [-0.39, 0.29) is 35.7 Å². The van der Waals surface area contributed by atoms with Crippen molar-refractivity contribution in [1.82, 2.24) is 40.4 Å². The van der Waals surface area contributed by atoms with Gasteiger partial charge < -0.3 is 39.9 Å². The number of amides is 4. The molecule has 14 nitrogen and oxygen atoms in total. The van der Waals surface area contributed by atoms with Gasteiger partial charge in [-0.3, -0.25) is 14.4 Å². The zero-order valence-electron chi connectivity index (χ0n) is 31.8. The Hall–Kier alpha value is -5.92. The topological polar surface area (TPSA) is 175 Å². The Morgan fingerprint density at radius 2 is 1.33 bits per heavy atom. The van der Waals surface area contributed by atoms with E-state index >= 15 is 0 Å². The summed E-state index contributed by atoms with van der Waals surface area (Å²) in [6.45, 7) is 8.83. The lowest BCUT2D eigenvalue weighted by Gasteiger charge is -2.29. The van der Waals surface area contributed by atoms with Gasteiger partial charge in [-0.05, 0) is 85.0 Å². The van der Waals surface area contributed by atoms with Crippen LogP contribution in [0.25, 0.3) is 33.2 Å². The predicted octanol–water partition coefficient (Wildman–Crippen LogP) is 6.38. The third kappa shape index (κ3) is 7.71. The van der Waals surface area contributed by atoms with Crippen LogP contribution in [0.5, 0.6) is 11.5 Å². The Labute approximate surface area is 319 Å². The van der Waals surface area contributed by atoms with E-state index in [1.165, 1.54) is 7.11 Å². The van der Waals surface area contributed by atoms with Crippen LogP contribution < -0.4 is 15.4 Å². The van der Waals surface area contributed by atoms with Crippen LogP contribution in [-0.4, -0.2) is 86.3 Å². The maximum absolute atomic E-state index is 13.6. The average Bonchev–Trinajstić information content (AvgIpc) is 4.00. The first kappa shape index (κ1) is 37.4. The molecule has 0 radical (unpaired) electrons. The SMILES string of the molecule is COC(=O)NC(C(=O)N1CCC[C@H]1c1nc2ccc(-c3cccc(Oc4ccc5nc([C@@H]6CCCN6C(=O)C(NC=O)C(C)C)[nH]c5c4)c3)cc2[nH]1)C(C)C. The number of methoxy groups -OCH3 is 1. The summed E-state index contributed by atoms with van der Waals surface area (Å²) in [6, 6.07) is 17.9. The fourth-order valence-electron chi connectivity index (χ4n) is 7.78. The normalized spacial score (nSPS) is 18.2. The Morgan fingerprint density at radius 1 is 0.764 bits per heavy atom. The number of ether oxygens (including phenoxy) is 2. The largest absolute Gasteiger partial charge is 0.457 e. The molecule has 5 aromatic rings. The minimum absolute atomic E-state index is 0.0384. The molecule has 7 rings (SSSR count). The highest BCUT2D eigenvalue weighted by molar-refractivity contribution is 5.87. The van der Waals surface area contributed by atoms with E-state index < -0.39 is 18.2 Å². The first-order valence-corrected chi connectivity index (χ1v) is 19.0. The Bertz CT molecular complexity index is 2210. The lowest BCUT2D eigenvalue weighted by atomic mass is 10.0. The molecular weight excluding hydrogens is 701 g/mol. The summed E-state index contributed by atoms with van der Waals surface area (Å²) in [4.78, 5) is 70.4. The zero-order valence-corrected chi connectivity index (χ0v) is 31.8. The summed E-state index contributed by atoms with van der Waals surface area (Å²) >= 11 is 0. The monoisotopic (exact) mass is 748 g/mol. The van der Waals surface area contributed by atoms with Crippen LogP contribution in [0, 0.1) is 11.8 Å².